The van der Waals surface area contributed by atoms with E-state index in [1.807, 2.05) is 37.3 Å². The van der Waals surface area contributed by atoms with Crippen LogP contribution in [0.5, 0.6) is 28.7 Å². The smallest absolute Gasteiger partial charge is 0.339 e. The maximum atomic E-state index is 13.3. The van der Waals surface area contributed by atoms with Crippen molar-refractivity contribution in [3.63, 3.8) is 0 Å². The van der Waals surface area contributed by atoms with Gasteiger partial charge in [-0.2, -0.15) is 0 Å². The second-order valence-electron chi connectivity index (χ2n) is 9.88. The molecule has 0 N–H and O–H groups in total. The van der Waals surface area contributed by atoms with Crippen LogP contribution in [0.25, 0.3) is 21.9 Å². The van der Waals surface area contributed by atoms with Gasteiger partial charge in [0.15, 0.2) is 23.0 Å². The second kappa shape index (κ2) is 10.9. The van der Waals surface area contributed by atoms with E-state index in [4.69, 9.17) is 47.4 Å². The lowest BCUT2D eigenvalue weighted by atomic mass is 9.89. The van der Waals surface area contributed by atoms with E-state index in [0.717, 1.165) is 5.56 Å². The Morgan fingerprint density at radius 1 is 0.756 bits per heavy atom. The summed E-state index contributed by atoms with van der Waals surface area (Å²) in [7, 11) is 7.87. The summed E-state index contributed by atoms with van der Waals surface area (Å²) >= 11 is 0. The quantitative estimate of drug-likeness (QED) is 0.367. The van der Waals surface area contributed by atoms with Crippen molar-refractivity contribution < 1.29 is 52.2 Å². The lowest BCUT2D eigenvalue weighted by Gasteiger charge is -2.43. The first-order valence-electron chi connectivity index (χ1n) is 13.2. The fourth-order valence-electron chi connectivity index (χ4n) is 5.92. The van der Waals surface area contributed by atoms with Crippen LogP contribution in [-0.2, 0) is 30.3 Å². The summed E-state index contributed by atoms with van der Waals surface area (Å²) in [5, 5.41) is 1.35. The van der Waals surface area contributed by atoms with Gasteiger partial charge < -0.3 is 47.4 Å². The molecule has 11 nitrogen and oxygen atoms in total. The van der Waals surface area contributed by atoms with Crippen molar-refractivity contribution in [2.24, 2.45) is 0 Å². The molecule has 1 saturated heterocycles. The molecule has 11 heteroatoms. The Morgan fingerprint density at radius 2 is 1.44 bits per heavy atom. The molecule has 1 fully saturated rings. The molecule has 3 aliphatic heterocycles. The highest BCUT2D eigenvalue weighted by atomic mass is 16.7. The van der Waals surface area contributed by atoms with E-state index in [-0.39, 0.29) is 25.6 Å². The molecule has 218 valence electrons. The van der Waals surface area contributed by atoms with Crippen LogP contribution < -0.4 is 23.7 Å². The van der Waals surface area contributed by atoms with Crippen molar-refractivity contribution in [3.05, 3.63) is 41.5 Å². The second-order valence-corrected chi connectivity index (χ2v) is 9.88. The minimum Gasteiger partial charge on any atom is -0.493 e. The summed E-state index contributed by atoms with van der Waals surface area (Å²) in [6.45, 7) is 2.03. The zero-order valence-electron chi connectivity index (χ0n) is 23.7. The molecule has 0 spiro atoms. The lowest BCUT2D eigenvalue weighted by molar-refractivity contribution is -0.282. The van der Waals surface area contributed by atoms with E-state index in [0.29, 0.717) is 56.2 Å². The van der Waals surface area contributed by atoms with Gasteiger partial charge >= 0.3 is 5.97 Å². The van der Waals surface area contributed by atoms with Crippen molar-refractivity contribution in [3.8, 4) is 39.9 Å². The Bertz CT molecular complexity index is 1490. The third kappa shape index (κ3) is 4.40. The molecule has 0 saturated carbocycles. The summed E-state index contributed by atoms with van der Waals surface area (Å²) in [5.41, 5.74) is 2.36. The van der Waals surface area contributed by atoms with Gasteiger partial charge in [-0.05, 0) is 42.1 Å². The van der Waals surface area contributed by atoms with Crippen LogP contribution in [0.15, 0.2) is 30.3 Å². The van der Waals surface area contributed by atoms with Crippen molar-refractivity contribution in [1.82, 2.24) is 0 Å². The zero-order chi connectivity index (χ0) is 28.8. The van der Waals surface area contributed by atoms with Crippen molar-refractivity contribution >= 4 is 16.7 Å². The number of benzene rings is 3. The van der Waals surface area contributed by atoms with Crippen LogP contribution in [-0.4, -0.2) is 79.0 Å². The van der Waals surface area contributed by atoms with Crippen LogP contribution >= 0.6 is 0 Å². The van der Waals surface area contributed by atoms with Gasteiger partial charge in [-0.3, -0.25) is 0 Å². The van der Waals surface area contributed by atoms with E-state index in [1.165, 1.54) is 0 Å². The highest BCUT2D eigenvalue weighted by Crippen LogP contribution is 2.50. The Morgan fingerprint density at radius 3 is 2.12 bits per heavy atom. The number of ether oxygens (including phenoxy) is 10. The lowest BCUT2D eigenvalue weighted by Crippen LogP contribution is -2.60. The predicted molar refractivity (Wildman–Crippen MR) is 145 cm³/mol. The number of hydrogen-bond acceptors (Lipinski definition) is 11. The first-order chi connectivity index (χ1) is 19.9. The largest absolute Gasteiger partial charge is 0.493 e. The summed E-state index contributed by atoms with van der Waals surface area (Å²) in [6, 6.07) is 9.19. The van der Waals surface area contributed by atoms with E-state index in [2.05, 4.69) is 0 Å². The highest BCUT2D eigenvalue weighted by Gasteiger charge is 2.47. The standard InChI is InChI=1S/C30H32O11/c1-14-25(34-4)27(35-5)28(36-6)30(40-14)41-26-17-11-21(33-3)20(32-2)10-16(17)23(24-18(26)12-37-29(24)31)15-7-8-19-22(9-15)39-13-38-19/h7-11,14,25,27-28,30H,12-13H2,1-6H3/t14-,25-,27+,28-,30+/m1/s1. The van der Waals surface area contributed by atoms with Crippen molar-refractivity contribution in [1.29, 1.82) is 0 Å². The number of carbonyl (C=O) groups excluding carboxylic acids is 1. The van der Waals surface area contributed by atoms with E-state index < -0.39 is 24.5 Å². The fraction of sp³-hybridized carbons (Fsp3) is 0.433. The number of hydrogen-bond donors (Lipinski definition) is 0. The first kappa shape index (κ1) is 27.4. The summed E-state index contributed by atoms with van der Waals surface area (Å²) in [4.78, 5) is 13.3. The molecule has 0 unspecified atom stereocenters. The fourth-order valence-corrected chi connectivity index (χ4v) is 5.92. The summed E-state index contributed by atoms with van der Waals surface area (Å²) in [6.07, 6.45) is -2.76. The average Bonchev–Trinajstić information content (AvgIpc) is 3.62. The predicted octanol–water partition coefficient (Wildman–Crippen LogP) is 4.09. The first-order valence-corrected chi connectivity index (χ1v) is 13.2. The van der Waals surface area contributed by atoms with Crippen molar-refractivity contribution in [2.75, 3.05) is 42.3 Å². The molecule has 3 aliphatic rings. The summed E-state index contributed by atoms with van der Waals surface area (Å²) in [5.74, 6) is 2.14. The van der Waals surface area contributed by atoms with E-state index in [1.54, 1.807) is 35.5 Å². The molecule has 0 aromatic heterocycles. The van der Waals surface area contributed by atoms with Gasteiger partial charge in [-0.15, -0.1) is 0 Å². The molecule has 6 rings (SSSR count). The molecule has 0 radical (unpaired) electrons. The number of rotatable bonds is 8. The maximum Gasteiger partial charge on any atom is 0.339 e. The minimum absolute atomic E-state index is 0.0136. The maximum absolute atomic E-state index is 13.3. The minimum atomic E-state index is -0.890. The SMILES string of the molecule is COc1cc2c(O[C@@H]3O[C@H](C)[C@@H](OC)[C@H](OC)[C@H]3OC)c3c(c(-c4ccc5c(c4)OCO5)c2cc1OC)C(=O)OC3. The number of carbonyl (C=O) groups is 1. The zero-order valence-corrected chi connectivity index (χ0v) is 23.7. The third-order valence-corrected chi connectivity index (χ3v) is 7.85. The van der Waals surface area contributed by atoms with Crippen LogP contribution in [0.2, 0.25) is 0 Å². The van der Waals surface area contributed by atoms with Crippen molar-refractivity contribution in [2.45, 2.75) is 44.2 Å². The molecular weight excluding hydrogens is 536 g/mol. The molecule has 0 amide bonds. The van der Waals surface area contributed by atoms with Gasteiger partial charge in [0.2, 0.25) is 13.1 Å². The van der Waals surface area contributed by atoms with Crippen LogP contribution in [0, 0.1) is 0 Å². The Balaban J connectivity index is 1.58. The Hall–Kier alpha value is -3.77. The van der Waals surface area contributed by atoms with Gasteiger partial charge in [0.1, 0.15) is 30.7 Å². The molecule has 3 heterocycles. The monoisotopic (exact) mass is 568 g/mol. The molecular formula is C30H32O11. The number of cyclic esters (lactones) is 1. The third-order valence-electron chi connectivity index (χ3n) is 7.85. The molecule has 3 aromatic rings. The van der Waals surface area contributed by atoms with Gasteiger partial charge in [-0.1, -0.05) is 6.07 Å². The Labute approximate surface area is 237 Å². The Kier molecular flexibility index (Phi) is 7.28. The van der Waals surface area contributed by atoms with Crippen LogP contribution in [0.3, 0.4) is 0 Å². The van der Waals surface area contributed by atoms with Gasteiger partial charge in [0.05, 0.1) is 25.9 Å². The molecule has 5 atom stereocenters. The van der Waals surface area contributed by atoms with E-state index in [9.17, 15) is 4.79 Å². The summed E-state index contributed by atoms with van der Waals surface area (Å²) < 4.78 is 58.2. The number of fused-ring (bicyclic) bond motifs is 3. The number of esters is 1. The number of methoxy groups -OCH3 is 5. The van der Waals surface area contributed by atoms with Crippen LogP contribution in [0.1, 0.15) is 22.8 Å². The van der Waals surface area contributed by atoms with Gasteiger partial charge in [0.25, 0.3) is 0 Å². The van der Waals surface area contributed by atoms with Gasteiger partial charge in [0, 0.05) is 37.8 Å². The molecule has 3 aromatic carbocycles. The average molecular weight is 569 g/mol. The van der Waals surface area contributed by atoms with Gasteiger partial charge in [-0.25, -0.2) is 4.79 Å². The van der Waals surface area contributed by atoms with E-state index >= 15 is 0 Å². The van der Waals surface area contributed by atoms with Crippen LogP contribution in [0.4, 0.5) is 0 Å². The highest BCUT2D eigenvalue weighted by molar-refractivity contribution is 6.14. The normalized spacial score (nSPS) is 24.7. The molecule has 41 heavy (non-hydrogen) atoms. The molecule has 0 bridgehead atoms. The topological polar surface area (TPSA) is 109 Å². The molecule has 0 aliphatic carbocycles.